The number of carbonyl (C=O) groups is 1. The number of thiophene rings is 1. The quantitative estimate of drug-likeness (QED) is 0.504. The molecule has 27 heavy (non-hydrogen) atoms. The molecule has 7 heteroatoms. The van der Waals surface area contributed by atoms with E-state index < -0.39 is 0 Å². The van der Waals surface area contributed by atoms with Crippen LogP contribution < -0.4 is 11.1 Å². The molecule has 0 fully saturated rings. The molecule has 1 aromatic carbocycles. The van der Waals surface area contributed by atoms with Crippen LogP contribution in [0.3, 0.4) is 0 Å². The van der Waals surface area contributed by atoms with Crippen molar-refractivity contribution in [2.45, 2.75) is 12.8 Å². The van der Waals surface area contributed by atoms with Crippen molar-refractivity contribution in [3.05, 3.63) is 70.5 Å². The minimum Gasteiger partial charge on any atom is -0.366 e. The van der Waals surface area contributed by atoms with Crippen LogP contribution in [0.2, 0.25) is 0 Å². The molecule has 3 aromatic heterocycles. The Bertz CT molecular complexity index is 1070. The van der Waals surface area contributed by atoms with E-state index in [1.54, 1.807) is 4.52 Å². The van der Waals surface area contributed by atoms with Gasteiger partial charge >= 0.3 is 0 Å². The van der Waals surface area contributed by atoms with Gasteiger partial charge in [0.1, 0.15) is 0 Å². The summed E-state index contributed by atoms with van der Waals surface area (Å²) in [4.78, 5) is 17.2. The van der Waals surface area contributed by atoms with Gasteiger partial charge in [0.2, 0.25) is 5.95 Å². The van der Waals surface area contributed by atoms with E-state index in [2.05, 4.69) is 27.5 Å². The lowest BCUT2D eigenvalue weighted by atomic mass is 10.1. The first-order valence-corrected chi connectivity index (χ1v) is 9.60. The maximum atomic E-state index is 12.4. The zero-order valence-corrected chi connectivity index (χ0v) is 15.4. The fraction of sp³-hybridized carbons (Fsp3) is 0.150. The second-order valence-electron chi connectivity index (χ2n) is 6.24. The lowest BCUT2D eigenvalue weighted by Crippen LogP contribution is -2.23. The monoisotopic (exact) mass is 377 g/mol. The highest BCUT2D eigenvalue weighted by molar-refractivity contribution is 7.12. The smallest absolute Gasteiger partial charge is 0.261 e. The molecule has 4 aromatic rings. The number of carbonyl (C=O) groups excluding carboxylic acids is 1. The molecule has 4 rings (SSSR count). The number of nitrogen functional groups attached to an aromatic ring is 1. The van der Waals surface area contributed by atoms with Crippen molar-refractivity contribution in [1.29, 1.82) is 0 Å². The fourth-order valence-corrected chi connectivity index (χ4v) is 3.74. The number of nitrogens with one attached hydrogen (secondary N) is 1. The second-order valence-corrected chi connectivity index (χ2v) is 7.15. The van der Waals surface area contributed by atoms with Crippen LogP contribution in [0.1, 0.15) is 21.7 Å². The number of nitrogens with zero attached hydrogens (tertiary/aromatic N) is 3. The zero-order chi connectivity index (χ0) is 18.6. The zero-order valence-electron chi connectivity index (χ0n) is 14.6. The Kier molecular flexibility index (Phi) is 4.84. The Hall–Kier alpha value is -3.19. The largest absolute Gasteiger partial charge is 0.366 e. The first-order valence-electron chi connectivity index (χ1n) is 8.72. The lowest BCUT2D eigenvalue weighted by molar-refractivity contribution is 0.0957. The van der Waals surface area contributed by atoms with E-state index >= 15 is 0 Å². The first kappa shape index (κ1) is 17.2. The van der Waals surface area contributed by atoms with Crippen LogP contribution in [0.4, 0.5) is 5.95 Å². The number of fused-ring (bicyclic) bond motifs is 1. The summed E-state index contributed by atoms with van der Waals surface area (Å²) in [5.41, 5.74) is 9.55. The molecule has 0 aliphatic heterocycles. The average molecular weight is 377 g/mol. The summed E-state index contributed by atoms with van der Waals surface area (Å²) in [6.07, 6.45) is 3.73. The molecule has 0 saturated heterocycles. The number of hydrogen-bond acceptors (Lipinski definition) is 5. The van der Waals surface area contributed by atoms with Gasteiger partial charge in [-0.2, -0.15) is 4.98 Å². The SMILES string of the molecule is Nc1nc2ccc(-c3csc(C(=O)NCCCc4ccccc4)c3)cn2n1. The summed E-state index contributed by atoms with van der Waals surface area (Å²) in [5, 5.41) is 9.09. The van der Waals surface area contributed by atoms with Gasteiger partial charge in [-0.25, -0.2) is 4.52 Å². The molecule has 0 saturated carbocycles. The van der Waals surface area contributed by atoms with Gasteiger partial charge in [-0.3, -0.25) is 4.79 Å². The van der Waals surface area contributed by atoms with Gasteiger partial charge in [0.05, 0.1) is 4.88 Å². The van der Waals surface area contributed by atoms with Gasteiger partial charge in [0.15, 0.2) is 5.65 Å². The van der Waals surface area contributed by atoms with E-state index in [9.17, 15) is 4.79 Å². The van der Waals surface area contributed by atoms with Crippen LogP contribution in [0.25, 0.3) is 16.8 Å². The molecule has 1 amide bonds. The summed E-state index contributed by atoms with van der Waals surface area (Å²) >= 11 is 1.44. The summed E-state index contributed by atoms with van der Waals surface area (Å²) in [6.45, 7) is 0.658. The number of anilines is 1. The van der Waals surface area contributed by atoms with Crippen LogP contribution in [-0.2, 0) is 6.42 Å². The van der Waals surface area contributed by atoms with Crippen molar-refractivity contribution in [1.82, 2.24) is 19.9 Å². The lowest BCUT2D eigenvalue weighted by Gasteiger charge is -2.04. The van der Waals surface area contributed by atoms with Gasteiger partial charge in [-0.1, -0.05) is 30.3 Å². The molecule has 0 aliphatic carbocycles. The normalized spacial score (nSPS) is 11.0. The van der Waals surface area contributed by atoms with Crippen molar-refractivity contribution >= 4 is 28.8 Å². The van der Waals surface area contributed by atoms with Gasteiger partial charge in [-0.15, -0.1) is 16.4 Å². The molecule has 0 atom stereocenters. The van der Waals surface area contributed by atoms with Crippen LogP contribution in [0.5, 0.6) is 0 Å². The molecule has 6 nitrogen and oxygen atoms in total. The first-order chi connectivity index (χ1) is 13.2. The summed E-state index contributed by atoms with van der Waals surface area (Å²) in [5.74, 6) is 0.207. The summed E-state index contributed by atoms with van der Waals surface area (Å²) < 4.78 is 1.64. The van der Waals surface area contributed by atoms with Crippen molar-refractivity contribution in [2.24, 2.45) is 0 Å². The second kappa shape index (κ2) is 7.59. The van der Waals surface area contributed by atoms with Crippen LogP contribution in [-0.4, -0.2) is 27.0 Å². The Labute approximate surface area is 160 Å². The minimum absolute atomic E-state index is 0.0367. The van der Waals surface area contributed by atoms with Crippen LogP contribution in [0, 0.1) is 0 Å². The van der Waals surface area contributed by atoms with E-state index in [1.165, 1.54) is 16.9 Å². The number of rotatable bonds is 6. The molecule has 136 valence electrons. The standard InChI is InChI=1S/C20H19N5OS/c21-20-23-18-9-8-15(12-25(18)24-20)16-11-17(27-13-16)19(26)22-10-4-7-14-5-2-1-3-6-14/h1-3,5-6,8-9,11-13H,4,7,10H2,(H2,21,24)(H,22,26). The van der Waals surface area contributed by atoms with Crippen LogP contribution in [0.15, 0.2) is 60.1 Å². The molecule has 0 radical (unpaired) electrons. The molecular weight excluding hydrogens is 358 g/mol. The number of aromatic nitrogens is 3. The highest BCUT2D eigenvalue weighted by atomic mass is 32.1. The van der Waals surface area contributed by atoms with Crippen molar-refractivity contribution in [2.75, 3.05) is 12.3 Å². The average Bonchev–Trinajstić information content (AvgIpc) is 3.31. The fourth-order valence-electron chi connectivity index (χ4n) is 2.90. The molecular formula is C20H19N5OS. The van der Waals surface area contributed by atoms with Crippen molar-refractivity contribution < 1.29 is 4.79 Å². The van der Waals surface area contributed by atoms with Crippen molar-refractivity contribution in [3.63, 3.8) is 0 Å². The van der Waals surface area contributed by atoms with E-state index in [0.717, 1.165) is 24.0 Å². The van der Waals surface area contributed by atoms with E-state index in [0.29, 0.717) is 17.1 Å². The maximum Gasteiger partial charge on any atom is 0.261 e. The molecule has 3 heterocycles. The Balaban J connectivity index is 1.37. The topological polar surface area (TPSA) is 85.3 Å². The Morgan fingerprint density at radius 1 is 1.15 bits per heavy atom. The maximum absolute atomic E-state index is 12.4. The van der Waals surface area contributed by atoms with E-state index in [1.807, 2.05) is 48.0 Å². The highest BCUT2D eigenvalue weighted by Gasteiger charge is 2.11. The number of nitrogens with two attached hydrogens (primary N) is 1. The third kappa shape index (κ3) is 3.98. The van der Waals surface area contributed by atoms with E-state index in [-0.39, 0.29) is 11.9 Å². The number of benzene rings is 1. The van der Waals surface area contributed by atoms with Gasteiger partial charge < -0.3 is 11.1 Å². The summed E-state index contributed by atoms with van der Waals surface area (Å²) in [6, 6.07) is 16.0. The highest BCUT2D eigenvalue weighted by Crippen LogP contribution is 2.26. The Morgan fingerprint density at radius 3 is 2.85 bits per heavy atom. The number of amides is 1. The number of hydrogen-bond donors (Lipinski definition) is 2. The van der Waals surface area contributed by atoms with E-state index in [4.69, 9.17) is 5.73 Å². The number of pyridine rings is 1. The number of aryl methyl sites for hydroxylation is 1. The van der Waals surface area contributed by atoms with Gasteiger partial charge in [-0.05, 0) is 47.5 Å². The Morgan fingerprint density at radius 2 is 2.00 bits per heavy atom. The molecule has 0 spiro atoms. The van der Waals surface area contributed by atoms with Gasteiger partial charge in [0.25, 0.3) is 5.91 Å². The summed E-state index contributed by atoms with van der Waals surface area (Å²) in [7, 11) is 0. The molecule has 3 N–H and O–H groups in total. The van der Waals surface area contributed by atoms with Gasteiger partial charge in [0, 0.05) is 18.3 Å². The molecule has 0 unspecified atom stereocenters. The molecule has 0 aliphatic rings. The third-order valence-corrected chi connectivity index (χ3v) is 5.20. The third-order valence-electron chi connectivity index (χ3n) is 4.27. The van der Waals surface area contributed by atoms with Crippen molar-refractivity contribution in [3.8, 4) is 11.1 Å². The molecule has 0 bridgehead atoms. The predicted octanol–water partition coefficient (Wildman–Crippen LogP) is 3.40. The van der Waals surface area contributed by atoms with Crippen LogP contribution >= 0.6 is 11.3 Å². The minimum atomic E-state index is -0.0367. The predicted molar refractivity (Wildman–Crippen MR) is 108 cm³/mol.